The molecule has 1 rings (SSSR count). The van der Waals surface area contributed by atoms with Gasteiger partial charge in [-0.25, -0.2) is 0 Å². The summed E-state index contributed by atoms with van der Waals surface area (Å²) >= 11 is 0. The molecular formula is C12H22O. The highest BCUT2D eigenvalue weighted by Crippen LogP contribution is 2.28. The molecule has 1 heteroatoms. The molecule has 0 fully saturated rings. The molecule has 1 aliphatic rings. The molecule has 0 aromatic heterocycles. The summed E-state index contributed by atoms with van der Waals surface area (Å²) in [6, 6.07) is 0. The van der Waals surface area contributed by atoms with E-state index in [1.807, 2.05) is 0 Å². The van der Waals surface area contributed by atoms with Gasteiger partial charge in [-0.3, -0.25) is 0 Å². The molecule has 1 aliphatic carbocycles. The van der Waals surface area contributed by atoms with Gasteiger partial charge in [-0.05, 0) is 43.1 Å². The number of hydrogen-bond donors (Lipinski definition) is 1. The molecule has 0 saturated heterocycles. The van der Waals surface area contributed by atoms with Crippen molar-refractivity contribution in [2.75, 3.05) is 0 Å². The lowest BCUT2D eigenvalue weighted by molar-refractivity contribution is 0.146. The van der Waals surface area contributed by atoms with Gasteiger partial charge in [-0.15, -0.1) is 0 Å². The van der Waals surface area contributed by atoms with Gasteiger partial charge in [-0.2, -0.15) is 0 Å². The van der Waals surface area contributed by atoms with Crippen molar-refractivity contribution >= 4 is 0 Å². The molecule has 1 N–H and O–H groups in total. The minimum absolute atomic E-state index is 0.194. The standard InChI is InChI=1S/C12H22O/c1-12(2,3)9-11(13)10-7-5-4-6-8-10/h7,11,13H,4-6,8-9H2,1-3H3. The first-order valence-electron chi connectivity index (χ1n) is 5.36. The van der Waals surface area contributed by atoms with E-state index in [4.69, 9.17) is 0 Å². The van der Waals surface area contributed by atoms with Crippen molar-refractivity contribution in [3.05, 3.63) is 11.6 Å². The van der Waals surface area contributed by atoms with E-state index in [9.17, 15) is 5.11 Å². The van der Waals surface area contributed by atoms with Crippen molar-refractivity contribution in [2.45, 2.75) is 59.0 Å². The zero-order valence-corrected chi connectivity index (χ0v) is 9.14. The fourth-order valence-corrected chi connectivity index (χ4v) is 1.88. The Labute approximate surface area is 81.9 Å². The maximum absolute atomic E-state index is 9.94. The van der Waals surface area contributed by atoms with Crippen LogP contribution in [0.15, 0.2) is 11.6 Å². The number of allylic oxidation sites excluding steroid dienone is 1. The maximum Gasteiger partial charge on any atom is 0.0755 e. The Bertz CT molecular complexity index is 186. The molecule has 1 unspecified atom stereocenters. The minimum atomic E-state index is -0.194. The van der Waals surface area contributed by atoms with Gasteiger partial charge in [0.25, 0.3) is 0 Å². The van der Waals surface area contributed by atoms with Gasteiger partial charge in [0.2, 0.25) is 0 Å². The SMILES string of the molecule is CC(C)(C)CC(O)C1=CCCCC1. The first-order chi connectivity index (χ1) is 5.99. The van der Waals surface area contributed by atoms with Crippen LogP contribution in [0.3, 0.4) is 0 Å². The van der Waals surface area contributed by atoms with Crippen LogP contribution in [0.25, 0.3) is 0 Å². The average Bonchev–Trinajstić information content (AvgIpc) is 2.03. The molecule has 13 heavy (non-hydrogen) atoms. The van der Waals surface area contributed by atoms with E-state index in [1.54, 1.807) is 0 Å². The van der Waals surface area contributed by atoms with Gasteiger partial charge in [-0.1, -0.05) is 26.8 Å². The lowest BCUT2D eigenvalue weighted by atomic mass is 9.84. The molecule has 76 valence electrons. The lowest BCUT2D eigenvalue weighted by Gasteiger charge is -2.25. The van der Waals surface area contributed by atoms with E-state index in [0.29, 0.717) is 0 Å². The van der Waals surface area contributed by atoms with E-state index < -0.39 is 0 Å². The van der Waals surface area contributed by atoms with Gasteiger partial charge in [0, 0.05) is 0 Å². The van der Waals surface area contributed by atoms with Gasteiger partial charge in [0.05, 0.1) is 6.10 Å². The lowest BCUT2D eigenvalue weighted by Crippen LogP contribution is -2.20. The van der Waals surface area contributed by atoms with E-state index in [2.05, 4.69) is 26.8 Å². The molecule has 0 bridgehead atoms. The topological polar surface area (TPSA) is 20.2 Å². The molecule has 0 aliphatic heterocycles. The Morgan fingerprint density at radius 3 is 2.54 bits per heavy atom. The monoisotopic (exact) mass is 182 g/mol. The van der Waals surface area contributed by atoms with Crippen LogP contribution in [-0.4, -0.2) is 11.2 Å². The average molecular weight is 182 g/mol. The summed E-state index contributed by atoms with van der Waals surface area (Å²) in [7, 11) is 0. The van der Waals surface area contributed by atoms with E-state index in [1.165, 1.54) is 18.4 Å². The summed E-state index contributed by atoms with van der Waals surface area (Å²) in [6.07, 6.45) is 7.76. The highest BCUT2D eigenvalue weighted by atomic mass is 16.3. The van der Waals surface area contributed by atoms with Crippen molar-refractivity contribution in [3.8, 4) is 0 Å². The third-order valence-electron chi connectivity index (χ3n) is 2.56. The molecule has 0 amide bonds. The Morgan fingerprint density at radius 2 is 2.08 bits per heavy atom. The second kappa shape index (κ2) is 4.28. The van der Waals surface area contributed by atoms with Gasteiger partial charge < -0.3 is 5.11 Å². The van der Waals surface area contributed by atoms with Crippen molar-refractivity contribution < 1.29 is 5.11 Å². The van der Waals surface area contributed by atoms with Crippen molar-refractivity contribution in [2.24, 2.45) is 5.41 Å². The zero-order chi connectivity index (χ0) is 9.90. The van der Waals surface area contributed by atoms with Crippen LogP contribution in [0, 0.1) is 5.41 Å². The number of hydrogen-bond acceptors (Lipinski definition) is 1. The summed E-state index contributed by atoms with van der Waals surface area (Å²) in [5, 5.41) is 9.94. The smallest absolute Gasteiger partial charge is 0.0755 e. The van der Waals surface area contributed by atoms with E-state index in [-0.39, 0.29) is 11.5 Å². The van der Waals surface area contributed by atoms with Crippen molar-refractivity contribution in [1.82, 2.24) is 0 Å². The van der Waals surface area contributed by atoms with Crippen LogP contribution in [0.1, 0.15) is 52.9 Å². The predicted molar refractivity (Wildman–Crippen MR) is 56.6 cm³/mol. The quantitative estimate of drug-likeness (QED) is 0.650. The molecule has 0 spiro atoms. The normalized spacial score (nSPS) is 21.1. The summed E-state index contributed by atoms with van der Waals surface area (Å²) in [5.41, 5.74) is 1.51. The molecular weight excluding hydrogens is 160 g/mol. The third kappa shape index (κ3) is 3.95. The largest absolute Gasteiger partial charge is 0.389 e. The van der Waals surface area contributed by atoms with Crippen LogP contribution in [0.4, 0.5) is 0 Å². The second-order valence-electron chi connectivity index (χ2n) is 5.31. The van der Waals surface area contributed by atoms with E-state index in [0.717, 1.165) is 19.3 Å². The summed E-state index contributed by atoms with van der Waals surface area (Å²) in [4.78, 5) is 0. The highest BCUT2D eigenvalue weighted by Gasteiger charge is 2.20. The molecule has 0 heterocycles. The van der Waals surface area contributed by atoms with Gasteiger partial charge in [0.1, 0.15) is 0 Å². The fourth-order valence-electron chi connectivity index (χ4n) is 1.88. The number of aliphatic hydroxyl groups is 1. The van der Waals surface area contributed by atoms with E-state index >= 15 is 0 Å². The molecule has 1 atom stereocenters. The number of aliphatic hydroxyl groups excluding tert-OH is 1. The Kier molecular flexibility index (Phi) is 3.55. The van der Waals surface area contributed by atoms with Crippen LogP contribution >= 0.6 is 0 Å². The molecule has 0 aromatic rings. The number of rotatable bonds is 2. The Balaban J connectivity index is 2.47. The predicted octanol–water partition coefficient (Wildman–Crippen LogP) is 3.28. The van der Waals surface area contributed by atoms with Crippen LogP contribution in [0.2, 0.25) is 0 Å². The maximum atomic E-state index is 9.94. The Hall–Kier alpha value is -0.300. The summed E-state index contributed by atoms with van der Waals surface area (Å²) in [5.74, 6) is 0. The van der Waals surface area contributed by atoms with Gasteiger partial charge >= 0.3 is 0 Å². The van der Waals surface area contributed by atoms with Crippen LogP contribution < -0.4 is 0 Å². The van der Waals surface area contributed by atoms with Crippen molar-refractivity contribution in [1.29, 1.82) is 0 Å². The fraction of sp³-hybridized carbons (Fsp3) is 0.833. The first kappa shape index (κ1) is 10.8. The zero-order valence-electron chi connectivity index (χ0n) is 9.14. The van der Waals surface area contributed by atoms with Gasteiger partial charge in [0.15, 0.2) is 0 Å². The molecule has 0 radical (unpaired) electrons. The van der Waals surface area contributed by atoms with Crippen LogP contribution in [-0.2, 0) is 0 Å². The summed E-state index contributed by atoms with van der Waals surface area (Å²) in [6.45, 7) is 6.54. The second-order valence-corrected chi connectivity index (χ2v) is 5.31. The van der Waals surface area contributed by atoms with Crippen LogP contribution in [0.5, 0.6) is 0 Å². The molecule has 0 saturated carbocycles. The molecule has 1 nitrogen and oxygen atoms in total. The first-order valence-corrected chi connectivity index (χ1v) is 5.36. The third-order valence-corrected chi connectivity index (χ3v) is 2.56. The Morgan fingerprint density at radius 1 is 1.38 bits per heavy atom. The van der Waals surface area contributed by atoms with Crippen molar-refractivity contribution in [3.63, 3.8) is 0 Å². The summed E-state index contributed by atoms with van der Waals surface area (Å²) < 4.78 is 0. The minimum Gasteiger partial charge on any atom is -0.389 e. The highest BCUT2D eigenvalue weighted by molar-refractivity contribution is 5.10. The molecule has 0 aromatic carbocycles.